The highest BCUT2D eigenvalue weighted by molar-refractivity contribution is 5.88. The van der Waals surface area contributed by atoms with Gasteiger partial charge in [-0.3, -0.25) is 4.57 Å². The third-order valence-electron chi connectivity index (χ3n) is 3.28. The van der Waals surface area contributed by atoms with Crippen LogP contribution in [0.4, 0.5) is 0 Å². The maximum Gasteiger partial charge on any atom is 0.123 e. The van der Waals surface area contributed by atoms with Gasteiger partial charge in [0.05, 0.1) is 11.2 Å². The fourth-order valence-corrected chi connectivity index (χ4v) is 2.26. The van der Waals surface area contributed by atoms with Crippen LogP contribution in [-0.4, -0.2) is 44.9 Å². The molecule has 19 heavy (non-hydrogen) atoms. The lowest BCUT2D eigenvalue weighted by Gasteiger charge is -2.11. The predicted octanol–water partition coefficient (Wildman–Crippen LogP) is 1.78. The molecule has 2 aromatic heterocycles. The van der Waals surface area contributed by atoms with Crippen LogP contribution in [0.5, 0.6) is 0 Å². The van der Waals surface area contributed by atoms with Gasteiger partial charge in [0.15, 0.2) is 0 Å². The monoisotopic (exact) mass is 255 g/mol. The summed E-state index contributed by atoms with van der Waals surface area (Å²) >= 11 is 0. The topological polar surface area (TPSA) is 38.9 Å². The van der Waals surface area contributed by atoms with Crippen molar-refractivity contribution in [1.82, 2.24) is 24.2 Å². The van der Waals surface area contributed by atoms with Gasteiger partial charge < -0.3 is 9.47 Å². The molecule has 5 nitrogen and oxygen atoms in total. The molecule has 0 saturated carbocycles. The van der Waals surface area contributed by atoms with E-state index in [4.69, 9.17) is 0 Å². The van der Waals surface area contributed by atoms with Crippen LogP contribution in [0.3, 0.4) is 0 Å². The van der Waals surface area contributed by atoms with Crippen LogP contribution in [0.2, 0.25) is 0 Å². The smallest absolute Gasteiger partial charge is 0.123 e. The number of likely N-dealkylation sites (N-methyl/N-ethyl adjacent to an activating group) is 1. The number of hydrogen-bond donors (Lipinski definition) is 0. The van der Waals surface area contributed by atoms with Crippen molar-refractivity contribution in [3.63, 3.8) is 0 Å². The highest BCUT2D eigenvalue weighted by Gasteiger charge is 2.07. The Morgan fingerprint density at radius 3 is 2.63 bits per heavy atom. The van der Waals surface area contributed by atoms with Crippen LogP contribution < -0.4 is 0 Å². The van der Waals surface area contributed by atoms with Crippen LogP contribution in [0.25, 0.3) is 16.6 Å². The van der Waals surface area contributed by atoms with Gasteiger partial charge in [-0.15, -0.1) is 10.2 Å². The van der Waals surface area contributed by atoms with Crippen LogP contribution in [0.1, 0.15) is 0 Å². The molecule has 0 saturated heterocycles. The van der Waals surface area contributed by atoms with Gasteiger partial charge in [0, 0.05) is 24.7 Å². The third kappa shape index (κ3) is 2.24. The highest BCUT2D eigenvalue weighted by Crippen LogP contribution is 2.23. The summed E-state index contributed by atoms with van der Waals surface area (Å²) in [7, 11) is 4.18. The zero-order valence-corrected chi connectivity index (χ0v) is 11.2. The molecular weight excluding hydrogens is 238 g/mol. The molecule has 0 amide bonds. The second-order valence-electron chi connectivity index (χ2n) is 4.89. The van der Waals surface area contributed by atoms with Gasteiger partial charge in [0.1, 0.15) is 12.7 Å². The standard InChI is InChI=1S/C14H17N5/c1-17(2)8-9-18-7-6-12-13(18)4-3-5-14(12)19-10-15-16-11-19/h3-7,10-11H,8-9H2,1-2H3. The Morgan fingerprint density at radius 1 is 1.11 bits per heavy atom. The molecule has 0 atom stereocenters. The maximum atomic E-state index is 3.87. The largest absolute Gasteiger partial charge is 0.346 e. The normalized spacial score (nSPS) is 11.5. The van der Waals surface area contributed by atoms with E-state index < -0.39 is 0 Å². The summed E-state index contributed by atoms with van der Waals surface area (Å²) in [5.41, 5.74) is 2.36. The molecule has 98 valence electrons. The molecule has 0 aliphatic rings. The molecule has 0 aliphatic carbocycles. The molecule has 0 N–H and O–H groups in total. The van der Waals surface area contributed by atoms with Crippen molar-refractivity contribution in [2.75, 3.05) is 20.6 Å². The van der Waals surface area contributed by atoms with Crippen molar-refractivity contribution in [2.24, 2.45) is 0 Å². The van der Waals surface area contributed by atoms with Crippen LogP contribution in [0.15, 0.2) is 43.1 Å². The second kappa shape index (κ2) is 4.85. The average Bonchev–Trinajstić information content (AvgIpc) is 3.05. The molecule has 0 radical (unpaired) electrons. The fraction of sp³-hybridized carbons (Fsp3) is 0.286. The molecule has 0 spiro atoms. The van der Waals surface area contributed by atoms with E-state index in [1.54, 1.807) is 12.7 Å². The van der Waals surface area contributed by atoms with Crippen molar-refractivity contribution < 1.29 is 0 Å². The van der Waals surface area contributed by atoms with Gasteiger partial charge in [-0.25, -0.2) is 0 Å². The van der Waals surface area contributed by atoms with Crippen molar-refractivity contribution in [3.8, 4) is 5.69 Å². The van der Waals surface area contributed by atoms with E-state index in [-0.39, 0.29) is 0 Å². The number of fused-ring (bicyclic) bond motifs is 1. The number of hydrogen-bond acceptors (Lipinski definition) is 3. The van der Waals surface area contributed by atoms with Gasteiger partial charge in [-0.2, -0.15) is 0 Å². The van der Waals surface area contributed by atoms with E-state index in [1.807, 2.05) is 4.57 Å². The van der Waals surface area contributed by atoms with E-state index in [2.05, 4.69) is 64.2 Å². The average molecular weight is 255 g/mol. The first-order valence-electron chi connectivity index (χ1n) is 6.33. The van der Waals surface area contributed by atoms with E-state index in [0.29, 0.717) is 0 Å². The van der Waals surface area contributed by atoms with Crippen molar-refractivity contribution in [1.29, 1.82) is 0 Å². The van der Waals surface area contributed by atoms with Crippen LogP contribution in [-0.2, 0) is 6.54 Å². The molecule has 1 aromatic carbocycles. The molecule has 0 unspecified atom stereocenters. The molecule has 3 rings (SSSR count). The van der Waals surface area contributed by atoms with Gasteiger partial charge in [0.25, 0.3) is 0 Å². The first-order chi connectivity index (χ1) is 9.25. The Morgan fingerprint density at radius 2 is 1.89 bits per heavy atom. The summed E-state index contributed by atoms with van der Waals surface area (Å²) < 4.78 is 4.22. The Balaban J connectivity index is 2.03. The molecular formula is C14H17N5. The summed E-state index contributed by atoms with van der Waals surface area (Å²) in [5.74, 6) is 0. The number of nitrogens with zero attached hydrogens (tertiary/aromatic N) is 5. The van der Waals surface area contributed by atoms with Gasteiger partial charge in [-0.05, 0) is 32.3 Å². The van der Waals surface area contributed by atoms with Gasteiger partial charge in [-0.1, -0.05) is 6.07 Å². The fourth-order valence-electron chi connectivity index (χ4n) is 2.26. The lowest BCUT2D eigenvalue weighted by Crippen LogP contribution is -2.17. The zero-order valence-electron chi connectivity index (χ0n) is 11.2. The highest BCUT2D eigenvalue weighted by atomic mass is 15.2. The molecule has 5 heteroatoms. The maximum absolute atomic E-state index is 3.87. The van der Waals surface area contributed by atoms with Gasteiger partial charge >= 0.3 is 0 Å². The summed E-state index contributed by atoms with van der Waals surface area (Å²) in [6.07, 6.45) is 5.60. The quantitative estimate of drug-likeness (QED) is 0.713. The molecule has 0 fully saturated rings. The first-order valence-corrected chi connectivity index (χ1v) is 6.33. The molecule has 0 aliphatic heterocycles. The van der Waals surface area contributed by atoms with E-state index in [9.17, 15) is 0 Å². The Kier molecular flexibility index (Phi) is 3.05. The lowest BCUT2D eigenvalue weighted by atomic mass is 10.2. The number of benzene rings is 1. The van der Waals surface area contributed by atoms with Crippen LogP contribution >= 0.6 is 0 Å². The second-order valence-corrected chi connectivity index (χ2v) is 4.89. The van der Waals surface area contributed by atoms with Crippen molar-refractivity contribution in [2.45, 2.75) is 6.54 Å². The predicted molar refractivity (Wildman–Crippen MR) is 75.4 cm³/mol. The van der Waals surface area contributed by atoms with E-state index in [1.165, 1.54) is 10.9 Å². The number of rotatable bonds is 4. The molecule has 2 heterocycles. The van der Waals surface area contributed by atoms with E-state index in [0.717, 1.165) is 18.8 Å². The Hall–Kier alpha value is -2.14. The van der Waals surface area contributed by atoms with Crippen LogP contribution in [0, 0.1) is 0 Å². The lowest BCUT2D eigenvalue weighted by molar-refractivity contribution is 0.387. The Bertz CT molecular complexity index is 666. The molecule has 3 aromatic rings. The minimum absolute atomic E-state index is 0.988. The minimum atomic E-state index is 0.988. The summed E-state index contributed by atoms with van der Waals surface area (Å²) in [6, 6.07) is 8.46. The first kappa shape index (κ1) is 11.9. The van der Waals surface area contributed by atoms with E-state index >= 15 is 0 Å². The zero-order chi connectivity index (χ0) is 13.2. The third-order valence-corrected chi connectivity index (χ3v) is 3.28. The summed E-state index contributed by atoms with van der Waals surface area (Å²) in [4.78, 5) is 2.19. The van der Waals surface area contributed by atoms with Crippen molar-refractivity contribution in [3.05, 3.63) is 43.1 Å². The molecule has 0 bridgehead atoms. The van der Waals surface area contributed by atoms with Crippen molar-refractivity contribution >= 4 is 10.9 Å². The summed E-state index contributed by atoms with van der Waals surface area (Å²) in [6.45, 7) is 2.02. The number of aromatic nitrogens is 4. The summed E-state index contributed by atoms with van der Waals surface area (Å²) in [5, 5.41) is 8.97. The SMILES string of the molecule is CN(C)CCn1ccc2c(-n3cnnc3)cccc21. The minimum Gasteiger partial charge on any atom is -0.346 e. The van der Waals surface area contributed by atoms with Gasteiger partial charge in [0.2, 0.25) is 0 Å². The Labute approximate surface area is 112 Å².